The lowest BCUT2D eigenvalue weighted by molar-refractivity contribution is -0.151. The van der Waals surface area contributed by atoms with Crippen molar-refractivity contribution in [3.05, 3.63) is 22.2 Å². The molecule has 0 saturated heterocycles. The molecule has 128 valence electrons. The molecule has 0 aliphatic rings. The number of thioether (sulfide) groups is 1. The third-order valence-electron chi connectivity index (χ3n) is 2.25. The summed E-state index contributed by atoms with van der Waals surface area (Å²) in [5.74, 6) is -2.10. The van der Waals surface area contributed by atoms with Gasteiger partial charge in [-0.2, -0.15) is 0 Å². The molecule has 0 bridgehead atoms. The van der Waals surface area contributed by atoms with Crippen LogP contribution in [0.2, 0.25) is 10.0 Å². The molecule has 1 aromatic carbocycles. The van der Waals surface area contributed by atoms with Crippen molar-refractivity contribution in [1.29, 1.82) is 0 Å². The summed E-state index contributed by atoms with van der Waals surface area (Å²) < 4.78 is 17.4. The molecule has 0 amide bonds. The van der Waals surface area contributed by atoms with E-state index in [1.807, 2.05) is 0 Å². The van der Waals surface area contributed by atoms with Gasteiger partial charge in [-0.3, -0.25) is 13.8 Å². The summed E-state index contributed by atoms with van der Waals surface area (Å²) in [6.45, 7) is 5.14. The van der Waals surface area contributed by atoms with Crippen LogP contribution in [0.1, 0.15) is 20.8 Å². The Morgan fingerprint density at radius 3 is 2.39 bits per heavy atom. The first kappa shape index (κ1) is 20.3. The second kappa shape index (κ2) is 8.37. The second-order valence-corrected chi connectivity index (χ2v) is 8.72. The molecular weight excluding hydrogens is 383 g/mol. The molecule has 1 N–H and O–H groups in total. The number of carbonyl (C=O) groups excluding carboxylic acids is 1. The summed E-state index contributed by atoms with van der Waals surface area (Å²) in [6.07, 6.45) is 0. The van der Waals surface area contributed by atoms with Crippen molar-refractivity contribution in [3.8, 4) is 0 Å². The maximum absolute atomic E-state index is 12.3. The average Bonchev–Trinajstić information content (AvgIpc) is 2.36. The molecule has 1 unspecified atom stereocenters. The van der Waals surface area contributed by atoms with Gasteiger partial charge in [0.15, 0.2) is 0 Å². The van der Waals surface area contributed by atoms with Crippen LogP contribution in [0.15, 0.2) is 21.9 Å². The number of hydrogen-bond donors (Lipinski definition) is 1. The van der Waals surface area contributed by atoms with Crippen LogP contribution in [0, 0.1) is 0 Å². The molecule has 1 atom stereocenters. The minimum absolute atomic E-state index is 0.157. The zero-order valence-electron chi connectivity index (χ0n) is 12.7. The number of esters is 1. The first-order valence-corrected chi connectivity index (χ1v) is 9.49. The number of ether oxygens (including phenoxy) is 1. The Morgan fingerprint density at radius 1 is 1.26 bits per heavy atom. The van der Waals surface area contributed by atoms with Gasteiger partial charge in [-0.15, -0.1) is 11.8 Å². The predicted molar refractivity (Wildman–Crippen MR) is 91.9 cm³/mol. The molecule has 23 heavy (non-hydrogen) atoms. The van der Waals surface area contributed by atoms with Crippen molar-refractivity contribution >= 4 is 57.7 Å². The second-order valence-electron chi connectivity index (χ2n) is 5.47. The van der Waals surface area contributed by atoms with E-state index in [1.54, 1.807) is 20.8 Å². The van der Waals surface area contributed by atoms with E-state index in [0.717, 1.165) is 11.8 Å². The fraction of sp³-hybridized carbons (Fsp3) is 0.429. The molecule has 0 heterocycles. The SMILES string of the molecule is CC(C)(C)OC(=O)CS(=O)c1cc(Cl)c(SCC(=O)O)cc1Cl. The molecule has 0 aliphatic heterocycles. The van der Waals surface area contributed by atoms with Crippen molar-refractivity contribution < 1.29 is 23.6 Å². The van der Waals surface area contributed by atoms with Crippen LogP contribution in [0.25, 0.3) is 0 Å². The lowest BCUT2D eigenvalue weighted by atomic mass is 10.2. The van der Waals surface area contributed by atoms with Crippen molar-refractivity contribution in [2.45, 2.75) is 36.2 Å². The monoisotopic (exact) mass is 398 g/mol. The number of benzene rings is 1. The molecule has 1 rings (SSSR count). The lowest BCUT2D eigenvalue weighted by Gasteiger charge is -2.19. The van der Waals surface area contributed by atoms with Crippen molar-refractivity contribution in [1.82, 2.24) is 0 Å². The van der Waals surface area contributed by atoms with E-state index in [9.17, 15) is 13.8 Å². The van der Waals surface area contributed by atoms with E-state index in [-0.39, 0.29) is 26.4 Å². The number of aliphatic carboxylic acids is 1. The molecule has 5 nitrogen and oxygen atoms in total. The maximum Gasteiger partial charge on any atom is 0.319 e. The Morgan fingerprint density at radius 2 is 1.87 bits per heavy atom. The van der Waals surface area contributed by atoms with E-state index in [0.29, 0.717) is 4.90 Å². The highest BCUT2D eigenvalue weighted by molar-refractivity contribution is 8.00. The summed E-state index contributed by atoms with van der Waals surface area (Å²) in [4.78, 5) is 23.0. The van der Waals surface area contributed by atoms with E-state index in [2.05, 4.69) is 0 Å². The number of halogens is 2. The number of carboxylic acid groups (broad SMARTS) is 1. The largest absolute Gasteiger partial charge is 0.481 e. The van der Waals surface area contributed by atoms with Gasteiger partial charge in [-0.25, -0.2) is 0 Å². The summed E-state index contributed by atoms with van der Waals surface area (Å²) in [5, 5.41) is 9.06. The third kappa shape index (κ3) is 7.12. The summed E-state index contributed by atoms with van der Waals surface area (Å²) in [5.41, 5.74) is -0.667. The third-order valence-corrected chi connectivity index (χ3v) is 5.47. The molecule has 0 radical (unpaired) electrons. The highest BCUT2D eigenvalue weighted by Crippen LogP contribution is 2.34. The Hall–Kier alpha value is -0.760. The fourth-order valence-corrected chi connectivity index (χ4v) is 4.00. The number of carboxylic acids is 1. The van der Waals surface area contributed by atoms with Crippen LogP contribution in [-0.2, 0) is 25.1 Å². The average molecular weight is 399 g/mol. The van der Waals surface area contributed by atoms with Crippen LogP contribution in [-0.4, -0.2) is 38.4 Å². The van der Waals surface area contributed by atoms with Gasteiger partial charge in [0.2, 0.25) is 0 Å². The molecule has 1 aromatic rings. The Balaban J connectivity index is 2.88. The van der Waals surface area contributed by atoms with E-state index in [1.165, 1.54) is 12.1 Å². The molecule has 0 aromatic heterocycles. The topological polar surface area (TPSA) is 80.7 Å². The number of hydrogen-bond acceptors (Lipinski definition) is 5. The minimum Gasteiger partial charge on any atom is -0.481 e. The van der Waals surface area contributed by atoms with Gasteiger partial charge in [0.1, 0.15) is 11.4 Å². The zero-order valence-corrected chi connectivity index (χ0v) is 15.9. The molecular formula is C14H16Cl2O5S2. The van der Waals surface area contributed by atoms with Gasteiger partial charge in [0.25, 0.3) is 0 Å². The molecule has 0 spiro atoms. The van der Waals surface area contributed by atoms with Gasteiger partial charge in [0.05, 0.1) is 31.5 Å². The molecule has 9 heteroatoms. The van der Waals surface area contributed by atoms with Crippen LogP contribution >= 0.6 is 35.0 Å². The van der Waals surface area contributed by atoms with Crippen LogP contribution < -0.4 is 0 Å². The van der Waals surface area contributed by atoms with Crippen LogP contribution in [0.5, 0.6) is 0 Å². The van der Waals surface area contributed by atoms with Crippen molar-refractivity contribution in [3.63, 3.8) is 0 Å². The van der Waals surface area contributed by atoms with Gasteiger partial charge in [-0.05, 0) is 32.9 Å². The highest BCUT2D eigenvalue weighted by atomic mass is 35.5. The Bertz CT molecular complexity index is 641. The number of carbonyl (C=O) groups is 2. The van der Waals surface area contributed by atoms with Gasteiger partial charge >= 0.3 is 11.9 Å². The van der Waals surface area contributed by atoms with E-state index in [4.69, 9.17) is 33.0 Å². The fourth-order valence-electron chi connectivity index (χ4n) is 1.49. The normalized spacial score (nSPS) is 12.7. The van der Waals surface area contributed by atoms with Crippen LogP contribution in [0.3, 0.4) is 0 Å². The standard InChI is InChI=1S/C14H16Cl2O5S2/c1-14(2,3)21-13(19)7-23(20)11-5-8(15)10(4-9(11)16)22-6-12(17)18/h4-5H,6-7H2,1-3H3,(H,17,18). The van der Waals surface area contributed by atoms with Crippen molar-refractivity contribution in [2.24, 2.45) is 0 Å². The van der Waals surface area contributed by atoms with Gasteiger partial charge in [-0.1, -0.05) is 23.2 Å². The van der Waals surface area contributed by atoms with Crippen molar-refractivity contribution in [2.75, 3.05) is 11.5 Å². The quantitative estimate of drug-likeness (QED) is 0.581. The molecule has 0 aliphatic carbocycles. The van der Waals surface area contributed by atoms with E-state index < -0.39 is 28.3 Å². The lowest BCUT2D eigenvalue weighted by Crippen LogP contribution is -2.27. The first-order valence-electron chi connectivity index (χ1n) is 6.43. The summed E-state index contributed by atoms with van der Waals surface area (Å²) in [7, 11) is -1.71. The van der Waals surface area contributed by atoms with Gasteiger partial charge < -0.3 is 9.84 Å². The zero-order chi connectivity index (χ0) is 17.8. The highest BCUT2D eigenvalue weighted by Gasteiger charge is 2.21. The van der Waals surface area contributed by atoms with Gasteiger partial charge in [0, 0.05) is 4.90 Å². The number of rotatable bonds is 6. The Labute approximate surface area is 151 Å². The minimum atomic E-state index is -1.71. The van der Waals surface area contributed by atoms with E-state index >= 15 is 0 Å². The molecule has 0 saturated carbocycles. The maximum atomic E-state index is 12.3. The summed E-state index contributed by atoms with van der Waals surface area (Å²) in [6, 6.07) is 2.83. The van der Waals surface area contributed by atoms with Crippen LogP contribution in [0.4, 0.5) is 0 Å². The predicted octanol–water partition coefficient (Wildman–Crippen LogP) is 3.62. The smallest absolute Gasteiger partial charge is 0.319 e. The Kier molecular flexibility index (Phi) is 7.38. The first-order chi connectivity index (χ1) is 10.5. The molecule has 0 fully saturated rings. The summed E-state index contributed by atoms with van der Waals surface area (Å²) >= 11 is 13.1.